The van der Waals surface area contributed by atoms with Crippen LogP contribution in [-0.4, -0.2) is 0 Å². The molecule has 0 N–H and O–H groups in total. The Morgan fingerprint density at radius 1 is 0.240 bits per heavy atom. The normalized spacial score (nSPS) is 12.5. The van der Waals surface area contributed by atoms with Crippen LogP contribution in [0.5, 0.6) is 0 Å². The van der Waals surface area contributed by atoms with E-state index in [2.05, 4.69) is 329 Å². The lowest BCUT2D eigenvalue weighted by Gasteiger charge is -2.34. The van der Waals surface area contributed by atoms with Crippen LogP contribution in [0.25, 0.3) is 33.4 Å². The molecular weight excluding hydrogens is 1260 g/mol. The van der Waals surface area contributed by atoms with Gasteiger partial charge in [0.05, 0.1) is 5.41 Å². The van der Waals surface area contributed by atoms with Crippen LogP contribution in [0, 0.1) is 13.8 Å². The molecule has 0 saturated carbocycles. The molecule has 12 aromatic rings. The third-order valence-electron chi connectivity index (χ3n) is 22.5. The molecule has 104 heavy (non-hydrogen) atoms. The van der Waals surface area contributed by atoms with Gasteiger partial charge in [0.2, 0.25) is 0 Å². The van der Waals surface area contributed by atoms with E-state index in [4.69, 9.17) is 0 Å². The standard InChI is InChI=1S/C101H107N3/c1-7-11-15-17-19-21-25-78-30-48-86(49-31-78)101(87-50-32-79(33-51-87)26-22-20-18-16-12-8-2)99-71-75(6)29-69-97(99)98-70-47-85(73-100(98)101)83-44-62-92(63-45-83)103(95-67-65-94(66-68-95)102(89-54-34-76(35-55-89)23-13-9-3)90-56-36-77(37-57-90)24-14-10-4)91-58-40-80(41-59-91)81-42-60-93(61-43-81)104(88-52-27-74(5)28-53-88)96-64-46-82-38-39-84(82)72-96/h27-37,40-73H,7-26,38-39H2,1-6H3. The number of aryl methyl sites for hydroxylation is 8. The Kier molecular flexibility index (Phi) is 23.0. The first kappa shape index (κ1) is 71.0. The number of anilines is 9. The van der Waals surface area contributed by atoms with Gasteiger partial charge in [0.15, 0.2) is 0 Å². The van der Waals surface area contributed by atoms with Gasteiger partial charge in [-0.15, -0.1) is 0 Å². The van der Waals surface area contributed by atoms with Gasteiger partial charge in [-0.25, -0.2) is 0 Å². The molecular formula is C101H107N3. The highest BCUT2D eigenvalue weighted by Gasteiger charge is 2.46. The molecule has 3 heteroatoms. The van der Waals surface area contributed by atoms with Crippen LogP contribution in [0.15, 0.2) is 273 Å². The molecule has 12 aromatic carbocycles. The number of hydrogen-bond acceptors (Lipinski definition) is 3. The summed E-state index contributed by atoms with van der Waals surface area (Å²) >= 11 is 0. The molecule has 0 fully saturated rings. The fraction of sp³-hybridized carbons (Fsp3) is 0.287. The molecule has 0 aliphatic heterocycles. The number of unbranched alkanes of at least 4 members (excludes halogenated alkanes) is 12. The van der Waals surface area contributed by atoms with Crippen LogP contribution in [0.3, 0.4) is 0 Å². The van der Waals surface area contributed by atoms with E-state index in [0.29, 0.717) is 0 Å². The highest BCUT2D eigenvalue weighted by molar-refractivity contribution is 5.90. The minimum absolute atomic E-state index is 0.517. The minimum atomic E-state index is -0.517. The molecule has 0 radical (unpaired) electrons. The molecule has 14 rings (SSSR count). The average molecular weight is 1360 g/mol. The van der Waals surface area contributed by atoms with Gasteiger partial charge in [0, 0.05) is 51.2 Å². The number of benzene rings is 12. The van der Waals surface area contributed by atoms with Gasteiger partial charge in [0.25, 0.3) is 0 Å². The zero-order chi connectivity index (χ0) is 71.2. The molecule has 0 atom stereocenters. The average Bonchev–Trinajstić information content (AvgIpc) is 1.53. The van der Waals surface area contributed by atoms with E-state index >= 15 is 0 Å². The highest BCUT2D eigenvalue weighted by atomic mass is 15.2. The third-order valence-corrected chi connectivity index (χ3v) is 22.5. The zero-order valence-corrected chi connectivity index (χ0v) is 62.9. The van der Waals surface area contributed by atoms with Gasteiger partial charge in [-0.2, -0.15) is 0 Å². The smallest absolute Gasteiger partial charge is 0.0713 e. The maximum absolute atomic E-state index is 2.55. The summed E-state index contributed by atoms with van der Waals surface area (Å²) in [4.78, 5) is 7.25. The van der Waals surface area contributed by atoms with Crippen molar-refractivity contribution < 1.29 is 0 Å². The van der Waals surface area contributed by atoms with Crippen molar-refractivity contribution >= 4 is 51.2 Å². The van der Waals surface area contributed by atoms with Gasteiger partial charge >= 0.3 is 0 Å². The van der Waals surface area contributed by atoms with E-state index < -0.39 is 5.41 Å². The third kappa shape index (κ3) is 15.8. The Balaban J connectivity index is 0.827. The summed E-state index contributed by atoms with van der Waals surface area (Å²) in [6, 6.07) is 106. The molecule has 0 spiro atoms. The quantitative estimate of drug-likeness (QED) is 0.0380. The monoisotopic (exact) mass is 1360 g/mol. The summed E-state index contributed by atoms with van der Waals surface area (Å²) in [7, 11) is 0. The molecule has 0 saturated heterocycles. The van der Waals surface area contributed by atoms with Crippen LogP contribution < -0.4 is 14.7 Å². The second kappa shape index (κ2) is 33.7. The van der Waals surface area contributed by atoms with E-state index in [1.807, 2.05) is 0 Å². The fourth-order valence-electron chi connectivity index (χ4n) is 16.4. The maximum Gasteiger partial charge on any atom is 0.0713 e. The molecule has 0 aromatic heterocycles. The Morgan fingerprint density at radius 2 is 0.538 bits per heavy atom. The Labute approximate surface area is 623 Å². The lowest BCUT2D eigenvalue weighted by Crippen LogP contribution is -2.28. The first-order valence-electron chi connectivity index (χ1n) is 39.8. The molecule has 0 amide bonds. The molecule has 0 heterocycles. The Hall–Kier alpha value is -9.96. The molecule has 0 bridgehead atoms. The van der Waals surface area contributed by atoms with Crippen molar-refractivity contribution in [1.82, 2.24) is 0 Å². The topological polar surface area (TPSA) is 9.72 Å². The molecule has 2 aliphatic carbocycles. The van der Waals surface area contributed by atoms with Gasteiger partial charge in [-0.05, 0) is 282 Å². The fourth-order valence-corrected chi connectivity index (χ4v) is 16.4. The predicted molar refractivity (Wildman–Crippen MR) is 447 cm³/mol. The van der Waals surface area contributed by atoms with Crippen molar-refractivity contribution in [3.8, 4) is 33.4 Å². The highest BCUT2D eigenvalue weighted by Crippen LogP contribution is 2.57. The molecule has 0 unspecified atom stereocenters. The van der Waals surface area contributed by atoms with E-state index in [9.17, 15) is 0 Å². The summed E-state index contributed by atoms with van der Waals surface area (Å²) in [5.41, 5.74) is 33.6. The predicted octanol–water partition coefficient (Wildman–Crippen LogP) is 29.0. The zero-order valence-electron chi connectivity index (χ0n) is 62.9. The van der Waals surface area contributed by atoms with Crippen molar-refractivity contribution in [2.24, 2.45) is 0 Å². The first-order chi connectivity index (χ1) is 51.2. The summed E-state index contributed by atoms with van der Waals surface area (Å²) < 4.78 is 0. The number of fused-ring (bicyclic) bond motifs is 4. The van der Waals surface area contributed by atoms with Crippen LogP contribution in [0.4, 0.5) is 51.2 Å². The largest absolute Gasteiger partial charge is 0.311 e. The maximum atomic E-state index is 2.55. The van der Waals surface area contributed by atoms with Crippen molar-refractivity contribution in [2.75, 3.05) is 14.7 Å². The number of nitrogens with zero attached hydrogens (tertiary/aromatic N) is 3. The summed E-state index contributed by atoms with van der Waals surface area (Å²) in [5, 5.41) is 0. The molecule has 2 aliphatic rings. The Morgan fingerprint density at radius 3 is 0.942 bits per heavy atom. The van der Waals surface area contributed by atoms with Crippen LogP contribution in [0.1, 0.15) is 197 Å². The lowest BCUT2D eigenvalue weighted by atomic mass is 9.67. The number of hydrogen-bond donors (Lipinski definition) is 0. The lowest BCUT2D eigenvalue weighted by molar-refractivity contribution is 0.607. The summed E-state index contributed by atoms with van der Waals surface area (Å²) in [5.74, 6) is 0. The van der Waals surface area contributed by atoms with Crippen molar-refractivity contribution in [3.63, 3.8) is 0 Å². The second-order valence-electron chi connectivity index (χ2n) is 30.0. The van der Waals surface area contributed by atoms with Crippen LogP contribution in [0.2, 0.25) is 0 Å². The van der Waals surface area contributed by atoms with E-state index in [1.165, 1.54) is 215 Å². The van der Waals surface area contributed by atoms with Crippen LogP contribution >= 0.6 is 0 Å². The Bertz CT molecular complexity index is 4630. The van der Waals surface area contributed by atoms with Gasteiger partial charge in [-0.3, -0.25) is 0 Å². The van der Waals surface area contributed by atoms with E-state index in [0.717, 1.165) is 77.6 Å². The van der Waals surface area contributed by atoms with E-state index in [1.54, 1.807) is 0 Å². The van der Waals surface area contributed by atoms with Crippen molar-refractivity contribution in [1.29, 1.82) is 0 Å². The van der Waals surface area contributed by atoms with Gasteiger partial charge in [0.1, 0.15) is 0 Å². The molecule has 526 valence electrons. The number of rotatable bonds is 33. The summed E-state index contributed by atoms with van der Waals surface area (Å²) in [6.07, 6.45) is 27.1. The van der Waals surface area contributed by atoms with Crippen molar-refractivity contribution in [2.45, 2.75) is 188 Å². The van der Waals surface area contributed by atoms with Crippen LogP contribution in [-0.2, 0) is 43.9 Å². The van der Waals surface area contributed by atoms with Gasteiger partial charge < -0.3 is 14.7 Å². The SMILES string of the molecule is CCCCCCCCc1ccc(C2(c3ccc(CCCCCCCC)cc3)c3cc(C)ccc3-c3ccc(-c4ccc(N(c5ccc(-c6ccc(N(c7ccc(C)cc7)c7ccc8c(c7)CC8)cc6)cc5)c5ccc(N(c6ccc(CCCC)cc6)c6ccc(CCCC)cc6)cc5)cc4)cc32)cc1. The first-order valence-corrected chi connectivity index (χ1v) is 39.8. The minimum Gasteiger partial charge on any atom is -0.311 e. The molecule has 3 nitrogen and oxygen atoms in total. The van der Waals surface area contributed by atoms with Gasteiger partial charge in [-0.1, -0.05) is 274 Å². The van der Waals surface area contributed by atoms with E-state index in [-0.39, 0.29) is 0 Å². The summed E-state index contributed by atoms with van der Waals surface area (Å²) in [6.45, 7) is 13.6. The van der Waals surface area contributed by atoms with Crippen molar-refractivity contribution in [3.05, 3.63) is 340 Å². The second-order valence-corrected chi connectivity index (χ2v) is 30.0.